The average Bonchev–Trinajstić information content (AvgIpc) is 2.62. The SMILES string of the molecule is O=[N+]([O-])c1ccc(N2CCN(S(=O)(=O)c3cccnc3)CC2)cc1. The Morgan fingerprint density at radius 1 is 1.04 bits per heavy atom. The van der Waals surface area contributed by atoms with Crippen molar-refractivity contribution in [1.82, 2.24) is 9.29 Å². The summed E-state index contributed by atoms with van der Waals surface area (Å²) in [6, 6.07) is 9.40. The van der Waals surface area contributed by atoms with Gasteiger partial charge in [0.2, 0.25) is 10.0 Å². The molecule has 0 bridgehead atoms. The van der Waals surface area contributed by atoms with Gasteiger partial charge in [0.05, 0.1) is 4.92 Å². The van der Waals surface area contributed by atoms with Crippen molar-refractivity contribution < 1.29 is 13.3 Å². The maximum Gasteiger partial charge on any atom is 0.269 e. The minimum Gasteiger partial charge on any atom is -0.369 e. The highest BCUT2D eigenvalue weighted by Crippen LogP contribution is 2.22. The highest BCUT2D eigenvalue weighted by Gasteiger charge is 2.28. The topological polar surface area (TPSA) is 96.6 Å². The van der Waals surface area contributed by atoms with Gasteiger partial charge in [0.1, 0.15) is 4.90 Å². The summed E-state index contributed by atoms with van der Waals surface area (Å²) in [5, 5.41) is 10.7. The number of anilines is 1. The zero-order valence-electron chi connectivity index (χ0n) is 12.8. The van der Waals surface area contributed by atoms with Crippen LogP contribution in [0.4, 0.5) is 11.4 Å². The van der Waals surface area contributed by atoms with Gasteiger partial charge in [-0.25, -0.2) is 8.42 Å². The number of piperazine rings is 1. The quantitative estimate of drug-likeness (QED) is 0.614. The molecule has 0 unspecified atom stereocenters. The van der Waals surface area contributed by atoms with Crippen molar-refractivity contribution in [3.05, 3.63) is 58.9 Å². The van der Waals surface area contributed by atoms with Gasteiger partial charge in [-0.05, 0) is 24.3 Å². The van der Waals surface area contributed by atoms with Gasteiger partial charge in [-0.15, -0.1) is 0 Å². The smallest absolute Gasteiger partial charge is 0.269 e. The number of hydrogen-bond acceptors (Lipinski definition) is 6. The minimum atomic E-state index is -3.53. The number of non-ortho nitro benzene ring substituents is 1. The van der Waals surface area contributed by atoms with Crippen LogP contribution in [0.5, 0.6) is 0 Å². The molecule has 1 aliphatic heterocycles. The Morgan fingerprint density at radius 2 is 1.71 bits per heavy atom. The van der Waals surface area contributed by atoms with E-state index in [4.69, 9.17) is 0 Å². The molecule has 9 heteroatoms. The molecule has 2 heterocycles. The summed E-state index contributed by atoms with van der Waals surface area (Å²) >= 11 is 0. The summed E-state index contributed by atoms with van der Waals surface area (Å²) in [4.78, 5) is 16.3. The van der Waals surface area contributed by atoms with Gasteiger partial charge in [-0.1, -0.05) is 0 Å². The second kappa shape index (κ2) is 6.54. The third-order valence-electron chi connectivity index (χ3n) is 3.94. The molecule has 0 saturated carbocycles. The van der Waals surface area contributed by atoms with E-state index < -0.39 is 14.9 Å². The molecule has 1 aromatic heterocycles. The molecule has 1 aliphatic rings. The van der Waals surface area contributed by atoms with Crippen molar-refractivity contribution in [2.24, 2.45) is 0 Å². The van der Waals surface area contributed by atoms with Gasteiger partial charge in [-0.2, -0.15) is 4.31 Å². The molecule has 1 saturated heterocycles. The maximum absolute atomic E-state index is 12.5. The number of hydrogen-bond donors (Lipinski definition) is 0. The van der Waals surface area contributed by atoms with E-state index in [-0.39, 0.29) is 10.6 Å². The van der Waals surface area contributed by atoms with Crippen molar-refractivity contribution in [1.29, 1.82) is 0 Å². The van der Waals surface area contributed by atoms with E-state index in [1.165, 1.54) is 34.9 Å². The predicted molar refractivity (Wildman–Crippen MR) is 88.3 cm³/mol. The van der Waals surface area contributed by atoms with Crippen molar-refractivity contribution >= 4 is 21.4 Å². The lowest BCUT2D eigenvalue weighted by Crippen LogP contribution is -2.48. The first-order valence-corrected chi connectivity index (χ1v) is 8.82. The summed E-state index contributed by atoms with van der Waals surface area (Å²) in [7, 11) is -3.53. The third kappa shape index (κ3) is 3.22. The highest BCUT2D eigenvalue weighted by molar-refractivity contribution is 7.89. The number of benzene rings is 1. The standard InChI is InChI=1S/C15H16N4O4S/c20-19(21)14-5-3-13(4-6-14)17-8-10-18(11-9-17)24(22,23)15-2-1-7-16-12-15/h1-7,12H,8-11H2. The van der Waals surface area contributed by atoms with E-state index in [9.17, 15) is 18.5 Å². The van der Waals surface area contributed by atoms with E-state index in [0.717, 1.165) is 5.69 Å². The van der Waals surface area contributed by atoms with Gasteiger partial charge in [-0.3, -0.25) is 15.1 Å². The largest absolute Gasteiger partial charge is 0.369 e. The zero-order valence-corrected chi connectivity index (χ0v) is 13.6. The average molecular weight is 348 g/mol. The lowest BCUT2D eigenvalue weighted by atomic mass is 10.2. The molecule has 0 spiro atoms. The Bertz CT molecular complexity index is 816. The van der Waals surface area contributed by atoms with Crippen LogP contribution in [0.25, 0.3) is 0 Å². The summed E-state index contributed by atoms with van der Waals surface area (Å²) in [6.07, 6.45) is 2.88. The van der Waals surface area contributed by atoms with Crippen LogP contribution in [0.2, 0.25) is 0 Å². The van der Waals surface area contributed by atoms with Gasteiger partial charge < -0.3 is 4.90 Å². The molecular formula is C15H16N4O4S. The predicted octanol–water partition coefficient (Wildman–Crippen LogP) is 1.50. The van der Waals surface area contributed by atoms with E-state index >= 15 is 0 Å². The first-order valence-electron chi connectivity index (χ1n) is 7.38. The fourth-order valence-corrected chi connectivity index (χ4v) is 4.01. The molecule has 0 amide bonds. The molecule has 2 aromatic rings. The number of rotatable bonds is 4. The monoisotopic (exact) mass is 348 g/mol. The van der Waals surface area contributed by atoms with Gasteiger partial charge in [0.15, 0.2) is 0 Å². The van der Waals surface area contributed by atoms with Crippen molar-refractivity contribution in [3.63, 3.8) is 0 Å². The number of pyridine rings is 1. The molecule has 8 nitrogen and oxygen atoms in total. The van der Waals surface area contributed by atoms with Crippen LogP contribution in [0.15, 0.2) is 53.7 Å². The number of aromatic nitrogens is 1. The summed E-state index contributed by atoms with van der Waals surface area (Å²) in [6.45, 7) is 1.76. The van der Waals surface area contributed by atoms with Gasteiger partial charge in [0.25, 0.3) is 5.69 Å². The van der Waals surface area contributed by atoms with Crippen LogP contribution in [0.1, 0.15) is 0 Å². The lowest BCUT2D eigenvalue weighted by Gasteiger charge is -2.35. The van der Waals surface area contributed by atoms with E-state index in [0.29, 0.717) is 26.2 Å². The molecule has 24 heavy (non-hydrogen) atoms. The second-order valence-electron chi connectivity index (χ2n) is 5.35. The summed E-state index contributed by atoms with van der Waals surface area (Å²) in [5.74, 6) is 0. The Morgan fingerprint density at radius 3 is 2.25 bits per heavy atom. The van der Waals surface area contributed by atoms with Crippen LogP contribution in [-0.4, -0.2) is 48.8 Å². The molecule has 0 atom stereocenters. The maximum atomic E-state index is 12.5. The zero-order chi connectivity index (χ0) is 17.2. The Kier molecular flexibility index (Phi) is 4.45. The van der Waals surface area contributed by atoms with E-state index in [1.807, 2.05) is 4.90 Å². The highest BCUT2D eigenvalue weighted by atomic mass is 32.2. The molecule has 126 valence electrons. The van der Waals surface area contributed by atoms with E-state index in [1.54, 1.807) is 18.2 Å². The van der Waals surface area contributed by atoms with Crippen LogP contribution < -0.4 is 4.90 Å². The molecule has 1 fully saturated rings. The Balaban J connectivity index is 1.68. The van der Waals surface area contributed by atoms with Crippen LogP contribution >= 0.6 is 0 Å². The van der Waals surface area contributed by atoms with Crippen LogP contribution in [0.3, 0.4) is 0 Å². The second-order valence-corrected chi connectivity index (χ2v) is 7.29. The number of nitro benzene ring substituents is 1. The fourth-order valence-electron chi connectivity index (χ4n) is 2.62. The number of sulfonamides is 1. The van der Waals surface area contributed by atoms with Crippen molar-refractivity contribution in [2.45, 2.75) is 4.90 Å². The fraction of sp³-hybridized carbons (Fsp3) is 0.267. The van der Waals surface area contributed by atoms with Crippen molar-refractivity contribution in [2.75, 3.05) is 31.1 Å². The third-order valence-corrected chi connectivity index (χ3v) is 5.82. The Hall–Kier alpha value is -2.52. The molecule has 0 aliphatic carbocycles. The lowest BCUT2D eigenvalue weighted by molar-refractivity contribution is -0.384. The molecule has 0 radical (unpaired) electrons. The first-order chi connectivity index (χ1) is 11.5. The van der Waals surface area contributed by atoms with Crippen LogP contribution in [-0.2, 0) is 10.0 Å². The normalized spacial score (nSPS) is 16.1. The first kappa shape index (κ1) is 16.3. The number of nitro groups is 1. The van der Waals surface area contributed by atoms with Gasteiger partial charge in [0, 0.05) is 56.4 Å². The van der Waals surface area contributed by atoms with Crippen LogP contribution in [0, 0.1) is 10.1 Å². The van der Waals surface area contributed by atoms with Gasteiger partial charge >= 0.3 is 0 Å². The Labute approximate surface area is 139 Å². The molecule has 1 aromatic carbocycles. The molecular weight excluding hydrogens is 332 g/mol. The summed E-state index contributed by atoms with van der Waals surface area (Å²) in [5.41, 5.74) is 0.885. The van der Waals surface area contributed by atoms with E-state index in [2.05, 4.69) is 4.98 Å². The minimum absolute atomic E-state index is 0.0385. The summed E-state index contributed by atoms with van der Waals surface area (Å²) < 4.78 is 26.5. The number of nitrogens with zero attached hydrogens (tertiary/aromatic N) is 4. The molecule has 0 N–H and O–H groups in total. The van der Waals surface area contributed by atoms with Crippen molar-refractivity contribution in [3.8, 4) is 0 Å². The molecule has 3 rings (SSSR count).